The molecule has 2 N–H and O–H groups in total. The van der Waals surface area contributed by atoms with E-state index in [2.05, 4.69) is 4.99 Å². The Morgan fingerprint density at radius 3 is 2.71 bits per heavy atom. The van der Waals surface area contributed by atoms with Gasteiger partial charge < -0.3 is 15.4 Å². The molecule has 0 aromatic heterocycles. The lowest BCUT2D eigenvalue weighted by Gasteiger charge is -2.27. The Kier molecular flexibility index (Phi) is 4.10. The maximum atomic E-state index is 6.04. The van der Waals surface area contributed by atoms with Gasteiger partial charge in [0.25, 0.3) is 0 Å². The molecule has 0 radical (unpaired) electrons. The van der Waals surface area contributed by atoms with Gasteiger partial charge in [0.15, 0.2) is 5.96 Å². The molecule has 2 rings (SSSR count). The van der Waals surface area contributed by atoms with Gasteiger partial charge in [-0.25, -0.2) is 4.99 Å². The molecular formula is C11H13Cl2N3O. The van der Waals surface area contributed by atoms with Crippen LogP contribution in [0.4, 0.5) is 5.69 Å². The van der Waals surface area contributed by atoms with Crippen molar-refractivity contribution in [3.05, 3.63) is 28.2 Å². The summed E-state index contributed by atoms with van der Waals surface area (Å²) in [5, 5.41) is 0.896. The van der Waals surface area contributed by atoms with Crippen LogP contribution in [-0.2, 0) is 4.74 Å². The Morgan fingerprint density at radius 2 is 2.00 bits per heavy atom. The van der Waals surface area contributed by atoms with E-state index in [4.69, 9.17) is 33.7 Å². The zero-order valence-corrected chi connectivity index (χ0v) is 10.7. The van der Waals surface area contributed by atoms with Crippen LogP contribution in [0, 0.1) is 0 Å². The third kappa shape index (κ3) is 3.03. The molecule has 92 valence electrons. The molecule has 0 unspecified atom stereocenters. The van der Waals surface area contributed by atoms with Crippen LogP contribution in [0.15, 0.2) is 23.2 Å². The SMILES string of the molecule is NC(=Nc1cccc(Cl)c1Cl)N1CCOCC1. The predicted octanol–water partition coefficient (Wildman–Crippen LogP) is 2.27. The Balaban J connectivity index is 2.19. The second-order valence-corrected chi connectivity index (χ2v) is 4.43. The Labute approximate surface area is 110 Å². The fourth-order valence-corrected chi connectivity index (χ4v) is 1.90. The molecule has 1 heterocycles. The Hall–Kier alpha value is -0.970. The lowest BCUT2D eigenvalue weighted by molar-refractivity contribution is 0.0675. The number of nitrogens with two attached hydrogens (primary N) is 1. The van der Waals surface area contributed by atoms with E-state index in [1.807, 2.05) is 4.90 Å². The maximum absolute atomic E-state index is 6.04. The van der Waals surface area contributed by atoms with Crippen LogP contribution in [0.1, 0.15) is 0 Å². The number of nitrogens with zero attached hydrogens (tertiary/aromatic N) is 2. The minimum atomic E-state index is 0.422. The lowest BCUT2D eigenvalue weighted by atomic mass is 10.3. The summed E-state index contributed by atoms with van der Waals surface area (Å²) in [6.45, 7) is 2.82. The van der Waals surface area contributed by atoms with Crippen molar-refractivity contribution in [3.63, 3.8) is 0 Å². The molecule has 1 aromatic rings. The van der Waals surface area contributed by atoms with Crippen LogP contribution in [0.25, 0.3) is 0 Å². The molecule has 0 spiro atoms. The first kappa shape index (κ1) is 12.5. The molecule has 1 fully saturated rings. The van der Waals surface area contributed by atoms with E-state index in [1.165, 1.54) is 0 Å². The van der Waals surface area contributed by atoms with Crippen molar-refractivity contribution in [2.45, 2.75) is 0 Å². The van der Waals surface area contributed by atoms with E-state index in [-0.39, 0.29) is 0 Å². The van der Waals surface area contributed by atoms with Crippen molar-refractivity contribution in [2.24, 2.45) is 10.7 Å². The smallest absolute Gasteiger partial charge is 0.196 e. The van der Waals surface area contributed by atoms with E-state index in [0.717, 1.165) is 13.1 Å². The van der Waals surface area contributed by atoms with Gasteiger partial charge in [-0.3, -0.25) is 0 Å². The quantitative estimate of drug-likeness (QED) is 0.631. The predicted molar refractivity (Wildman–Crippen MR) is 70.1 cm³/mol. The van der Waals surface area contributed by atoms with Gasteiger partial charge in [0.05, 0.1) is 28.9 Å². The molecule has 0 aliphatic carbocycles. The average Bonchev–Trinajstić information content (AvgIpc) is 2.36. The van der Waals surface area contributed by atoms with Crippen LogP contribution in [-0.4, -0.2) is 37.2 Å². The molecule has 1 aliphatic heterocycles. The number of halogens is 2. The van der Waals surface area contributed by atoms with Gasteiger partial charge in [0.2, 0.25) is 0 Å². The number of benzene rings is 1. The number of hydrogen-bond acceptors (Lipinski definition) is 2. The van der Waals surface area contributed by atoms with Crippen LogP contribution >= 0.6 is 23.2 Å². The summed E-state index contributed by atoms with van der Waals surface area (Å²) in [6, 6.07) is 5.29. The van der Waals surface area contributed by atoms with Crippen LogP contribution in [0.3, 0.4) is 0 Å². The molecule has 6 heteroatoms. The van der Waals surface area contributed by atoms with Crippen molar-refractivity contribution >= 4 is 34.8 Å². The first-order valence-corrected chi connectivity index (χ1v) is 6.05. The number of rotatable bonds is 1. The highest BCUT2D eigenvalue weighted by Crippen LogP contribution is 2.31. The molecule has 1 aliphatic rings. The summed E-state index contributed by atoms with van der Waals surface area (Å²) in [4.78, 5) is 6.25. The van der Waals surface area contributed by atoms with Crippen molar-refractivity contribution in [2.75, 3.05) is 26.3 Å². The van der Waals surface area contributed by atoms with Gasteiger partial charge in [0.1, 0.15) is 0 Å². The second kappa shape index (κ2) is 5.58. The minimum absolute atomic E-state index is 0.422. The summed E-state index contributed by atoms with van der Waals surface area (Å²) in [7, 11) is 0. The van der Waals surface area contributed by atoms with E-state index in [1.54, 1.807) is 18.2 Å². The van der Waals surface area contributed by atoms with Crippen molar-refractivity contribution in [3.8, 4) is 0 Å². The normalized spacial score (nSPS) is 17.3. The maximum Gasteiger partial charge on any atom is 0.196 e. The first-order valence-electron chi connectivity index (χ1n) is 5.29. The summed E-state index contributed by atoms with van der Waals surface area (Å²) < 4.78 is 5.24. The molecule has 0 amide bonds. The first-order chi connectivity index (χ1) is 8.18. The zero-order chi connectivity index (χ0) is 12.3. The van der Waals surface area contributed by atoms with Gasteiger partial charge in [-0.2, -0.15) is 0 Å². The van der Waals surface area contributed by atoms with Crippen LogP contribution in [0.5, 0.6) is 0 Å². The fourth-order valence-electron chi connectivity index (χ4n) is 1.57. The number of aliphatic imine (C=N–C) groups is 1. The third-order valence-corrected chi connectivity index (χ3v) is 3.31. The largest absolute Gasteiger partial charge is 0.378 e. The topological polar surface area (TPSA) is 50.8 Å². The average molecular weight is 274 g/mol. The number of guanidine groups is 1. The van der Waals surface area contributed by atoms with Crippen molar-refractivity contribution in [1.29, 1.82) is 0 Å². The van der Waals surface area contributed by atoms with Gasteiger partial charge >= 0.3 is 0 Å². The zero-order valence-electron chi connectivity index (χ0n) is 9.20. The van der Waals surface area contributed by atoms with Gasteiger partial charge in [-0.15, -0.1) is 0 Å². The van der Waals surface area contributed by atoms with E-state index >= 15 is 0 Å². The second-order valence-electron chi connectivity index (χ2n) is 3.64. The van der Waals surface area contributed by atoms with Crippen LogP contribution < -0.4 is 5.73 Å². The highest BCUT2D eigenvalue weighted by atomic mass is 35.5. The number of morpholine rings is 1. The highest BCUT2D eigenvalue weighted by molar-refractivity contribution is 6.43. The van der Waals surface area contributed by atoms with E-state index in [9.17, 15) is 0 Å². The fraction of sp³-hybridized carbons (Fsp3) is 0.364. The van der Waals surface area contributed by atoms with Gasteiger partial charge in [-0.05, 0) is 12.1 Å². The van der Waals surface area contributed by atoms with Crippen LogP contribution in [0.2, 0.25) is 10.0 Å². The Bertz CT molecular complexity index is 431. The monoisotopic (exact) mass is 273 g/mol. The van der Waals surface area contributed by atoms with Crippen molar-refractivity contribution in [1.82, 2.24) is 4.90 Å². The summed E-state index contributed by atoms with van der Waals surface area (Å²) >= 11 is 11.9. The molecule has 0 saturated carbocycles. The molecule has 0 atom stereocenters. The van der Waals surface area contributed by atoms with Gasteiger partial charge in [0, 0.05) is 13.1 Å². The third-order valence-electron chi connectivity index (χ3n) is 2.50. The molecule has 0 bridgehead atoms. The number of hydrogen-bond donors (Lipinski definition) is 1. The molecule has 4 nitrogen and oxygen atoms in total. The summed E-state index contributed by atoms with van der Waals surface area (Å²) in [5.74, 6) is 0.442. The molecule has 1 saturated heterocycles. The summed E-state index contributed by atoms with van der Waals surface area (Å²) in [6.07, 6.45) is 0. The number of ether oxygens (including phenoxy) is 1. The van der Waals surface area contributed by atoms with Gasteiger partial charge in [-0.1, -0.05) is 29.3 Å². The molecule has 17 heavy (non-hydrogen) atoms. The molecular weight excluding hydrogens is 261 g/mol. The molecule has 1 aromatic carbocycles. The van der Waals surface area contributed by atoms with E-state index in [0.29, 0.717) is 34.9 Å². The lowest BCUT2D eigenvalue weighted by Crippen LogP contribution is -2.44. The Morgan fingerprint density at radius 1 is 1.29 bits per heavy atom. The standard InChI is InChI=1S/C11H13Cl2N3O/c12-8-2-1-3-9(10(8)13)15-11(14)16-4-6-17-7-5-16/h1-3H,4-7H2,(H2,14,15). The van der Waals surface area contributed by atoms with Crippen molar-refractivity contribution < 1.29 is 4.74 Å². The minimum Gasteiger partial charge on any atom is -0.378 e. The van der Waals surface area contributed by atoms with E-state index < -0.39 is 0 Å². The summed E-state index contributed by atoms with van der Waals surface area (Å²) in [5.41, 5.74) is 6.50. The highest BCUT2D eigenvalue weighted by Gasteiger charge is 2.13.